The highest BCUT2D eigenvalue weighted by atomic mass is 16.4. The number of carboxylic acids is 1. The van der Waals surface area contributed by atoms with Crippen LogP contribution in [0.1, 0.15) is 39.0 Å². The van der Waals surface area contributed by atoms with Gasteiger partial charge in [-0.1, -0.05) is 19.1 Å². The molecular weight excluding hydrogens is 256 g/mol. The Morgan fingerprint density at radius 3 is 2.80 bits per heavy atom. The Morgan fingerprint density at radius 2 is 2.15 bits per heavy atom. The molecule has 5 nitrogen and oxygen atoms in total. The number of allylic oxidation sites excluding steroid dienone is 2. The van der Waals surface area contributed by atoms with Crippen LogP contribution in [-0.4, -0.2) is 41.1 Å². The third-order valence-electron chi connectivity index (χ3n) is 4.37. The van der Waals surface area contributed by atoms with E-state index < -0.39 is 12.0 Å². The number of carbonyl (C=O) groups excluding carboxylic acids is 1. The molecule has 20 heavy (non-hydrogen) atoms. The zero-order chi connectivity index (χ0) is 14.5. The summed E-state index contributed by atoms with van der Waals surface area (Å²) in [6, 6.07) is -0.909. The van der Waals surface area contributed by atoms with Crippen molar-refractivity contribution in [2.45, 2.75) is 45.1 Å². The summed E-state index contributed by atoms with van der Waals surface area (Å²) in [5.74, 6) is -0.396. The second-order valence-corrected chi connectivity index (χ2v) is 5.93. The lowest BCUT2D eigenvalue weighted by atomic mass is 9.91. The van der Waals surface area contributed by atoms with Crippen LogP contribution in [0.3, 0.4) is 0 Å². The Hall–Kier alpha value is -1.52. The molecule has 2 amide bonds. The highest BCUT2D eigenvalue weighted by molar-refractivity contribution is 5.83. The Morgan fingerprint density at radius 1 is 1.35 bits per heavy atom. The van der Waals surface area contributed by atoms with Crippen LogP contribution in [0, 0.1) is 11.8 Å². The number of urea groups is 1. The zero-order valence-corrected chi connectivity index (χ0v) is 12.0. The Balaban J connectivity index is 1.89. The average molecular weight is 280 g/mol. The largest absolute Gasteiger partial charge is 0.480 e. The number of aliphatic carboxylic acids is 1. The van der Waals surface area contributed by atoms with Gasteiger partial charge in [0.05, 0.1) is 0 Å². The average Bonchev–Trinajstić information content (AvgIpc) is 2.45. The van der Waals surface area contributed by atoms with Crippen molar-refractivity contribution < 1.29 is 14.7 Å². The lowest BCUT2D eigenvalue weighted by Gasteiger charge is -2.37. The normalized spacial score (nSPS) is 30.1. The molecule has 1 aliphatic carbocycles. The van der Waals surface area contributed by atoms with E-state index in [9.17, 15) is 14.7 Å². The minimum Gasteiger partial charge on any atom is -0.480 e. The van der Waals surface area contributed by atoms with E-state index in [1.54, 1.807) is 0 Å². The second-order valence-electron chi connectivity index (χ2n) is 5.93. The molecule has 1 saturated heterocycles. The maximum absolute atomic E-state index is 12.2. The van der Waals surface area contributed by atoms with Crippen LogP contribution in [0.25, 0.3) is 0 Å². The number of amides is 2. The van der Waals surface area contributed by atoms with Gasteiger partial charge in [-0.3, -0.25) is 0 Å². The molecule has 2 aliphatic rings. The maximum Gasteiger partial charge on any atom is 0.326 e. The molecule has 1 aliphatic heterocycles. The summed E-state index contributed by atoms with van der Waals surface area (Å²) < 4.78 is 0. The molecule has 1 fully saturated rings. The van der Waals surface area contributed by atoms with Crippen molar-refractivity contribution in [3.05, 3.63) is 12.2 Å². The zero-order valence-electron chi connectivity index (χ0n) is 12.0. The lowest BCUT2D eigenvalue weighted by molar-refractivity contribution is -0.145. The van der Waals surface area contributed by atoms with Gasteiger partial charge < -0.3 is 15.3 Å². The van der Waals surface area contributed by atoms with Crippen LogP contribution in [0.5, 0.6) is 0 Å². The van der Waals surface area contributed by atoms with Gasteiger partial charge in [0.25, 0.3) is 0 Å². The first kappa shape index (κ1) is 14.9. The fraction of sp³-hybridized carbons (Fsp3) is 0.733. The van der Waals surface area contributed by atoms with Crippen molar-refractivity contribution in [3.63, 3.8) is 0 Å². The van der Waals surface area contributed by atoms with E-state index in [0.717, 1.165) is 32.1 Å². The minimum atomic E-state index is -0.895. The summed E-state index contributed by atoms with van der Waals surface area (Å²) in [7, 11) is 0. The molecule has 0 bridgehead atoms. The highest BCUT2D eigenvalue weighted by Crippen LogP contribution is 2.24. The molecule has 0 aromatic rings. The van der Waals surface area contributed by atoms with Crippen LogP contribution in [0.2, 0.25) is 0 Å². The predicted octanol–water partition coefficient (Wildman–Crippen LogP) is 2.24. The fourth-order valence-corrected chi connectivity index (χ4v) is 3.17. The van der Waals surface area contributed by atoms with Crippen molar-refractivity contribution in [2.24, 2.45) is 11.8 Å². The molecule has 0 aromatic heterocycles. The highest BCUT2D eigenvalue weighted by Gasteiger charge is 2.37. The minimum absolute atomic E-state index is 0.0182. The number of rotatable bonds is 3. The van der Waals surface area contributed by atoms with E-state index in [1.807, 2.05) is 6.92 Å². The van der Waals surface area contributed by atoms with Crippen LogP contribution in [0.15, 0.2) is 12.2 Å². The third kappa shape index (κ3) is 3.52. The summed E-state index contributed by atoms with van der Waals surface area (Å²) >= 11 is 0. The van der Waals surface area contributed by atoms with Gasteiger partial charge in [0.1, 0.15) is 6.04 Å². The van der Waals surface area contributed by atoms with Gasteiger partial charge in [0.15, 0.2) is 0 Å². The first-order valence-corrected chi connectivity index (χ1v) is 7.52. The summed E-state index contributed by atoms with van der Waals surface area (Å²) in [6.45, 7) is 3.09. The van der Waals surface area contributed by atoms with Gasteiger partial charge in [0.2, 0.25) is 0 Å². The summed E-state index contributed by atoms with van der Waals surface area (Å²) in [4.78, 5) is 25.1. The van der Waals surface area contributed by atoms with E-state index in [1.165, 1.54) is 4.90 Å². The molecule has 3 unspecified atom stereocenters. The fourth-order valence-electron chi connectivity index (χ4n) is 3.17. The topological polar surface area (TPSA) is 69.6 Å². The SMILES string of the molecule is CC1CCCN(C(=O)NCC2CC=CCC2)C1C(=O)O. The van der Waals surface area contributed by atoms with Crippen LogP contribution >= 0.6 is 0 Å². The van der Waals surface area contributed by atoms with Crippen LogP contribution in [-0.2, 0) is 4.79 Å². The monoisotopic (exact) mass is 280 g/mol. The van der Waals surface area contributed by atoms with E-state index in [-0.39, 0.29) is 11.9 Å². The number of hydrogen-bond acceptors (Lipinski definition) is 2. The molecule has 3 atom stereocenters. The van der Waals surface area contributed by atoms with Crippen molar-refractivity contribution >= 4 is 12.0 Å². The number of likely N-dealkylation sites (tertiary alicyclic amines) is 1. The molecule has 1 heterocycles. The third-order valence-corrected chi connectivity index (χ3v) is 4.37. The molecule has 2 N–H and O–H groups in total. The Kier molecular flexibility index (Phi) is 5.04. The number of carboxylic acid groups (broad SMARTS) is 1. The van der Waals surface area contributed by atoms with Crippen LogP contribution in [0.4, 0.5) is 4.79 Å². The summed E-state index contributed by atoms with van der Waals surface area (Å²) in [5, 5.41) is 12.2. The quantitative estimate of drug-likeness (QED) is 0.779. The Labute approximate surface area is 120 Å². The second kappa shape index (κ2) is 6.77. The van der Waals surface area contributed by atoms with Crippen molar-refractivity contribution in [2.75, 3.05) is 13.1 Å². The maximum atomic E-state index is 12.2. The van der Waals surface area contributed by atoms with E-state index in [4.69, 9.17) is 0 Å². The van der Waals surface area contributed by atoms with Gasteiger partial charge in [-0.15, -0.1) is 0 Å². The van der Waals surface area contributed by atoms with Crippen LogP contribution < -0.4 is 5.32 Å². The molecule has 0 saturated carbocycles. The molecule has 0 radical (unpaired) electrons. The van der Waals surface area contributed by atoms with Gasteiger partial charge in [0, 0.05) is 13.1 Å². The predicted molar refractivity (Wildman–Crippen MR) is 76.4 cm³/mol. The van der Waals surface area contributed by atoms with E-state index in [2.05, 4.69) is 17.5 Å². The number of nitrogens with one attached hydrogen (secondary N) is 1. The van der Waals surface area contributed by atoms with Gasteiger partial charge in [-0.25, -0.2) is 9.59 Å². The summed E-state index contributed by atoms with van der Waals surface area (Å²) in [5.41, 5.74) is 0. The van der Waals surface area contributed by atoms with Gasteiger partial charge in [-0.05, 0) is 43.9 Å². The molecular formula is C15H24N2O3. The number of hydrogen-bond donors (Lipinski definition) is 2. The number of carbonyl (C=O) groups is 2. The molecule has 0 aromatic carbocycles. The molecule has 5 heteroatoms. The first-order valence-electron chi connectivity index (χ1n) is 7.52. The molecule has 112 valence electrons. The lowest BCUT2D eigenvalue weighted by Crippen LogP contribution is -2.55. The number of nitrogens with zero attached hydrogens (tertiary/aromatic N) is 1. The van der Waals surface area contributed by atoms with Gasteiger partial charge in [-0.2, -0.15) is 0 Å². The van der Waals surface area contributed by atoms with Crippen molar-refractivity contribution in [1.82, 2.24) is 10.2 Å². The van der Waals surface area contributed by atoms with Crippen molar-refractivity contribution in [3.8, 4) is 0 Å². The van der Waals surface area contributed by atoms with E-state index >= 15 is 0 Å². The van der Waals surface area contributed by atoms with Gasteiger partial charge >= 0.3 is 12.0 Å². The Bertz CT molecular complexity index is 395. The standard InChI is InChI=1S/C15H24N2O3/c1-11-6-5-9-17(13(11)14(18)19)15(20)16-10-12-7-3-2-4-8-12/h2-3,11-13H,4-10H2,1H3,(H,16,20)(H,18,19). The molecule has 0 spiro atoms. The molecule has 2 rings (SSSR count). The smallest absolute Gasteiger partial charge is 0.326 e. The van der Waals surface area contributed by atoms with Crippen molar-refractivity contribution in [1.29, 1.82) is 0 Å². The summed E-state index contributed by atoms with van der Waals surface area (Å²) in [6.07, 6.45) is 9.24. The number of piperidine rings is 1. The first-order chi connectivity index (χ1) is 9.59. The van der Waals surface area contributed by atoms with E-state index in [0.29, 0.717) is 19.0 Å².